The Hall–Kier alpha value is -5.24. The summed E-state index contributed by atoms with van der Waals surface area (Å²) >= 11 is 0. The topological polar surface area (TPSA) is 106 Å². The van der Waals surface area contributed by atoms with Crippen molar-refractivity contribution in [1.82, 2.24) is 5.43 Å². The Balaban J connectivity index is 1.37. The van der Waals surface area contributed by atoms with E-state index in [1.807, 2.05) is 12.1 Å². The minimum atomic E-state index is -0.505. The number of carbonyl (C=O) groups excluding carboxylic acids is 3. The summed E-state index contributed by atoms with van der Waals surface area (Å²) in [7, 11) is 1.46. The van der Waals surface area contributed by atoms with Crippen LogP contribution in [0.2, 0.25) is 0 Å². The van der Waals surface area contributed by atoms with Gasteiger partial charge in [0.05, 0.1) is 18.9 Å². The van der Waals surface area contributed by atoms with Gasteiger partial charge in [0.15, 0.2) is 11.5 Å². The number of nitrogens with zero attached hydrogens (tertiary/aromatic N) is 1. The zero-order valence-corrected chi connectivity index (χ0v) is 19.9. The first-order valence-corrected chi connectivity index (χ1v) is 11.3. The van der Waals surface area contributed by atoms with Crippen LogP contribution in [0, 0.1) is 0 Å². The third-order valence-corrected chi connectivity index (χ3v) is 5.20. The lowest BCUT2D eigenvalue weighted by Crippen LogP contribution is -2.18. The standard InChI is InChI=1S/C29H23N3O5/c1-36-26-17-20(15-16-25(26)37-29(35)22-11-6-3-7-12-22)19-30-32-28(34)23-13-8-14-24(18-23)31-27(33)21-9-4-2-5-10-21/h2-19H,1H3,(H,31,33)(H,32,34). The molecule has 0 radical (unpaired) electrons. The van der Waals surface area contributed by atoms with E-state index in [0.29, 0.717) is 33.7 Å². The second-order valence-electron chi connectivity index (χ2n) is 7.77. The molecule has 0 bridgehead atoms. The maximum atomic E-state index is 12.6. The van der Waals surface area contributed by atoms with Gasteiger partial charge in [-0.1, -0.05) is 42.5 Å². The van der Waals surface area contributed by atoms with Crippen molar-refractivity contribution in [2.24, 2.45) is 5.10 Å². The van der Waals surface area contributed by atoms with Crippen LogP contribution in [0.4, 0.5) is 5.69 Å². The summed E-state index contributed by atoms with van der Waals surface area (Å²) in [6, 6.07) is 28.8. The average molecular weight is 494 g/mol. The minimum absolute atomic E-state index is 0.256. The van der Waals surface area contributed by atoms with Crippen LogP contribution in [0.1, 0.15) is 36.6 Å². The monoisotopic (exact) mass is 493 g/mol. The van der Waals surface area contributed by atoms with Gasteiger partial charge >= 0.3 is 5.97 Å². The molecular formula is C29H23N3O5. The lowest BCUT2D eigenvalue weighted by atomic mass is 10.1. The van der Waals surface area contributed by atoms with Gasteiger partial charge in [0, 0.05) is 16.8 Å². The molecule has 0 aliphatic carbocycles. The molecule has 0 aliphatic rings. The Labute approximate surface area is 213 Å². The molecule has 4 rings (SSSR count). The number of hydrazone groups is 1. The predicted octanol–water partition coefficient (Wildman–Crippen LogP) is 4.93. The molecule has 8 nitrogen and oxygen atoms in total. The van der Waals surface area contributed by atoms with Gasteiger partial charge in [-0.3, -0.25) is 9.59 Å². The second-order valence-corrected chi connectivity index (χ2v) is 7.77. The fourth-order valence-corrected chi connectivity index (χ4v) is 3.34. The number of hydrogen-bond donors (Lipinski definition) is 2. The molecule has 0 heterocycles. The molecular weight excluding hydrogens is 470 g/mol. The first kappa shape index (κ1) is 24.9. The van der Waals surface area contributed by atoms with Crippen molar-refractivity contribution in [3.8, 4) is 11.5 Å². The predicted molar refractivity (Wildman–Crippen MR) is 140 cm³/mol. The highest BCUT2D eigenvalue weighted by molar-refractivity contribution is 6.05. The molecule has 0 saturated carbocycles. The van der Waals surface area contributed by atoms with Crippen molar-refractivity contribution < 1.29 is 23.9 Å². The van der Waals surface area contributed by atoms with Crippen LogP contribution < -0.4 is 20.2 Å². The van der Waals surface area contributed by atoms with Gasteiger partial charge in [0.2, 0.25) is 0 Å². The molecule has 4 aromatic carbocycles. The summed E-state index contributed by atoms with van der Waals surface area (Å²) in [5, 5.41) is 6.76. The van der Waals surface area contributed by atoms with Crippen molar-refractivity contribution in [3.63, 3.8) is 0 Å². The first-order valence-electron chi connectivity index (χ1n) is 11.3. The Morgan fingerprint density at radius 3 is 2.08 bits per heavy atom. The number of methoxy groups -OCH3 is 1. The van der Waals surface area contributed by atoms with E-state index in [4.69, 9.17) is 9.47 Å². The highest BCUT2D eigenvalue weighted by atomic mass is 16.6. The van der Waals surface area contributed by atoms with Gasteiger partial charge < -0.3 is 14.8 Å². The maximum absolute atomic E-state index is 12.6. The van der Waals surface area contributed by atoms with E-state index in [9.17, 15) is 14.4 Å². The molecule has 8 heteroatoms. The zero-order chi connectivity index (χ0) is 26.0. The molecule has 0 aromatic heterocycles. The van der Waals surface area contributed by atoms with Crippen molar-refractivity contribution >= 4 is 29.7 Å². The van der Waals surface area contributed by atoms with E-state index in [-0.39, 0.29) is 11.7 Å². The molecule has 2 amide bonds. The number of rotatable bonds is 8. The summed E-state index contributed by atoms with van der Waals surface area (Å²) < 4.78 is 10.8. The van der Waals surface area contributed by atoms with Crippen LogP contribution in [-0.4, -0.2) is 31.1 Å². The van der Waals surface area contributed by atoms with Crippen LogP contribution in [0.3, 0.4) is 0 Å². The van der Waals surface area contributed by atoms with E-state index in [1.54, 1.807) is 91.0 Å². The summed E-state index contributed by atoms with van der Waals surface area (Å²) in [6.45, 7) is 0. The number of ether oxygens (including phenoxy) is 2. The Morgan fingerprint density at radius 2 is 1.38 bits per heavy atom. The highest BCUT2D eigenvalue weighted by Crippen LogP contribution is 2.28. The SMILES string of the molecule is COc1cc(C=NNC(=O)c2cccc(NC(=O)c3ccccc3)c2)ccc1OC(=O)c1ccccc1. The lowest BCUT2D eigenvalue weighted by molar-refractivity contribution is 0.0729. The molecule has 4 aromatic rings. The quantitative estimate of drug-likeness (QED) is 0.157. The molecule has 0 saturated heterocycles. The third-order valence-electron chi connectivity index (χ3n) is 5.20. The van der Waals surface area contributed by atoms with Crippen molar-refractivity contribution in [2.45, 2.75) is 0 Å². The van der Waals surface area contributed by atoms with Crippen molar-refractivity contribution in [3.05, 3.63) is 125 Å². The van der Waals surface area contributed by atoms with Gasteiger partial charge in [-0.25, -0.2) is 10.2 Å². The lowest BCUT2D eigenvalue weighted by Gasteiger charge is -2.10. The normalized spacial score (nSPS) is 10.5. The van der Waals surface area contributed by atoms with Crippen molar-refractivity contribution in [1.29, 1.82) is 0 Å². The molecule has 2 N–H and O–H groups in total. The van der Waals surface area contributed by atoms with Crippen LogP contribution in [0.5, 0.6) is 11.5 Å². The number of hydrogen-bond acceptors (Lipinski definition) is 6. The van der Waals surface area contributed by atoms with E-state index in [0.717, 1.165) is 0 Å². The fraction of sp³-hybridized carbons (Fsp3) is 0.0345. The van der Waals surface area contributed by atoms with Crippen LogP contribution in [0.15, 0.2) is 108 Å². The largest absolute Gasteiger partial charge is 0.493 e. The summed E-state index contributed by atoms with van der Waals surface area (Å²) in [5.41, 5.74) is 4.80. The number of amides is 2. The van der Waals surface area contributed by atoms with Crippen LogP contribution >= 0.6 is 0 Å². The first-order chi connectivity index (χ1) is 18.0. The highest BCUT2D eigenvalue weighted by Gasteiger charge is 2.13. The Bertz CT molecular complexity index is 1440. The Morgan fingerprint density at radius 1 is 0.703 bits per heavy atom. The average Bonchev–Trinajstić information content (AvgIpc) is 2.94. The number of nitrogens with one attached hydrogen (secondary N) is 2. The summed E-state index contributed by atoms with van der Waals surface area (Å²) in [4.78, 5) is 37.2. The molecule has 0 aliphatic heterocycles. The number of benzene rings is 4. The maximum Gasteiger partial charge on any atom is 0.343 e. The van der Waals surface area contributed by atoms with Gasteiger partial charge in [-0.15, -0.1) is 0 Å². The summed E-state index contributed by atoms with van der Waals surface area (Å²) in [5.74, 6) is -0.640. The van der Waals surface area contributed by atoms with E-state index < -0.39 is 11.9 Å². The zero-order valence-electron chi connectivity index (χ0n) is 19.9. The Kier molecular flexibility index (Phi) is 8.03. The summed E-state index contributed by atoms with van der Waals surface area (Å²) in [6.07, 6.45) is 1.43. The smallest absolute Gasteiger partial charge is 0.343 e. The second kappa shape index (κ2) is 11.9. The molecule has 184 valence electrons. The number of anilines is 1. The third kappa shape index (κ3) is 6.67. The van der Waals surface area contributed by atoms with E-state index in [2.05, 4.69) is 15.8 Å². The van der Waals surface area contributed by atoms with Gasteiger partial charge in [-0.2, -0.15) is 5.10 Å². The van der Waals surface area contributed by atoms with Gasteiger partial charge in [-0.05, 0) is 66.2 Å². The van der Waals surface area contributed by atoms with Gasteiger partial charge in [0.25, 0.3) is 11.8 Å². The fourth-order valence-electron chi connectivity index (χ4n) is 3.34. The molecule has 0 atom stereocenters. The minimum Gasteiger partial charge on any atom is -0.493 e. The number of carbonyl (C=O) groups is 3. The molecule has 0 spiro atoms. The van der Waals surface area contributed by atoms with E-state index >= 15 is 0 Å². The number of esters is 1. The van der Waals surface area contributed by atoms with Crippen molar-refractivity contribution in [2.75, 3.05) is 12.4 Å². The van der Waals surface area contributed by atoms with E-state index in [1.165, 1.54) is 13.3 Å². The van der Waals surface area contributed by atoms with Crippen LogP contribution in [-0.2, 0) is 0 Å². The molecule has 0 fully saturated rings. The van der Waals surface area contributed by atoms with Gasteiger partial charge in [0.1, 0.15) is 0 Å². The molecule has 0 unspecified atom stereocenters. The van der Waals surface area contributed by atoms with Crippen LogP contribution in [0.25, 0.3) is 0 Å². The molecule has 37 heavy (non-hydrogen) atoms.